The van der Waals surface area contributed by atoms with Gasteiger partial charge in [-0.3, -0.25) is 0 Å². The highest BCUT2D eigenvalue weighted by Gasteiger charge is 1.98. The molecule has 0 aliphatic rings. The Morgan fingerprint density at radius 2 is 0.180 bits per heavy atom. The predicted octanol–water partition coefficient (Wildman–Crippen LogP) is -0.781. The number of hydrogen-bond acceptors (Lipinski definition) is 21. The third kappa shape index (κ3) is 59.2. The van der Waals surface area contributed by atoms with Gasteiger partial charge in [0.2, 0.25) is 0 Å². The van der Waals surface area contributed by atoms with Crippen molar-refractivity contribution in [3.05, 3.63) is 0 Å². The minimum absolute atomic E-state index is 0.494. The molecule has 0 bridgehead atoms. The quantitative estimate of drug-likeness (QED) is 0.0714. The second-order valence-corrected chi connectivity index (χ2v) is 12.2. The first-order chi connectivity index (χ1) is 30.4. The summed E-state index contributed by atoms with van der Waals surface area (Å²) in [6, 6.07) is 0. The summed E-state index contributed by atoms with van der Waals surface area (Å²) in [5.41, 5.74) is 10.7. The molecule has 368 valence electrons. The van der Waals surface area contributed by atoms with Crippen molar-refractivity contribution in [2.45, 2.75) is 0 Å². The number of rotatable bonds is 58. The zero-order valence-electron chi connectivity index (χ0n) is 37.2. The number of hydrogen-bond donors (Lipinski definition) is 2. The van der Waals surface area contributed by atoms with Crippen LogP contribution < -0.4 is 11.5 Å². The van der Waals surface area contributed by atoms with Gasteiger partial charge in [-0.25, -0.2) is 0 Å². The number of ether oxygens (including phenoxy) is 19. The lowest BCUT2D eigenvalue weighted by atomic mass is 10.6. The summed E-state index contributed by atoms with van der Waals surface area (Å²) in [5.74, 6) is 0. The van der Waals surface area contributed by atoms with E-state index >= 15 is 0 Å². The van der Waals surface area contributed by atoms with E-state index in [4.69, 9.17) is 101 Å². The van der Waals surface area contributed by atoms with Crippen LogP contribution in [0.1, 0.15) is 0 Å². The lowest BCUT2D eigenvalue weighted by Gasteiger charge is -2.09. The van der Waals surface area contributed by atoms with E-state index in [0.717, 1.165) is 0 Å². The van der Waals surface area contributed by atoms with Gasteiger partial charge in [-0.2, -0.15) is 0 Å². The molecule has 0 unspecified atom stereocenters. The van der Waals surface area contributed by atoms with Crippen molar-refractivity contribution in [1.29, 1.82) is 0 Å². The first-order valence-corrected chi connectivity index (χ1v) is 21.8. The van der Waals surface area contributed by atoms with Crippen LogP contribution in [0.4, 0.5) is 0 Å². The summed E-state index contributed by atoms with van der Waals surface area (Å²) in [5, 5.41) is 0. The summed E-state index contributed by atoms with van der Waals surface area (Å²) < 4.78 is 103. The maximum absolute atomic E-state index is 5.51. The zero-order valence-corrected chi connectivity index (χ0v) is 37.2. The fourth-order valence-corrected chi connectivity index (χ4v) is 4.23. The molecule has 0 rings (SSSR count). The highest BCUT2D eigenvalue weighted by molar-refractivity contribution is 4.41. The monoisotopic (exact) mass is 897 g/mol. The second kappa shape index (κ2) is 59.2. The van der Waals surface area contributed by atoms with E-state index in [1.54, 1.807) is 0 Å². The zero-order chi connectivity index (χ0) is 43.7. The molecule has 0 amide bonds. The van der Waals surface area contributed by atoms with Gasteiger partial charge in [0.1, 0.15) is 0 Å². The van der Waals surface area contributed by atoms with E-state index in [0.29, 0.717) is 264 Å². The summed E-state index contributed by atoms with van der Waals surface area (Å²) >= 11 is 0. The van der Waals surface area contributed by atoms with Crippen LogP contribution >= 0.6 is 0 Å². The first-order valence-electron chi connectivity index (χ1n) is 21.8. The van der Waals surface area contributed by atoms with E-state index < -0.39 is 0 Å². The largest absolute Gasteiger partial charge is 0.378 e. The lowest BCUT2D eigenvalue weighted by molar-refractivity contribution is -0.0312. The van der Waals surface area contributed by atoms with Crippen molar-refractivity contribution in [3.8, 4) is 0 Å². The van der Waals surface area contributed by atoms with Gasteiger partial charge in [-0.05, 0) is 0 Å². The SMILES string of the molecule is NCCOCCOCCOCCOCCOCCOCCOCCOCCOCCOCCOCCOCCOCCOCCOCCOCCOCCOCCOCCN. The third-order valence-corrected chi connectivity index (χ3v) is 7.22. The Bertz CT molecular complexity index is 702. The van der Waals surface area contributed by atoms with Crippen LogP contribution in [0.2, 0.25) is 0 Å². The van der Waals surface area contributed by atoms with E-state index in [1.807, 2.05) is 0 Å². The first kappa shape index (κ1) is 60.2. The van der Waals surface area contributed by atoms with Crippen LogP contribution in [0.25, 0.3) is 0 Å². The summed E-state index contributed by atoms with van der Waals surface area (Å²) in [4.78, 5) is 0. The molecule has 61 heavy (non-hydrogen) atoms. The molecular formula is C40H84N2O19. The molecule has 0 saturated heterocycles. The third-order valence-electron chi connectivity index (χ3n) is 7.22. The molecule has 0 atom stereocenters. The van der Waals surface area contributed by atoms with Crippen LogP contribution in [-0.2, 0) is 90.0 Å². The Morgan fingerprint density at radius 1 is 0.115 bits per heavy atom. The number of nitrogens with two attached hydrogens (primary N) is 2. The Kier molecular flexibility index (Phi) is 58.3. The normalized spacial score (nSPS) is 11.7. The second-order valence-electron chi connectivity index (χ2n) is 12.2. The molecule has 0 heterocycles. The topological polar surface area (TPSA) is 227 Å². The Hall–Kier alpha value is -0.840. The van der Waals surface area contributed by atoms with Crippen LogP contribution in [0.3, 0.4) is 0 Å². The van der Waals surface area contributed by atoms with Crippen molar-refractivity contribution < 1.29 is 90.0 Å². The lowest BCUT2D eigenvalue weighted by Crippen LogP contribution is -2.16. The van der Waals surface area contributed by atoms with E-state index in [2.05, 4.69) is 0 Å². The summed E-state index contributed by atoms with van der Waals surface area (Å²) in [6.45, 7) is 20.4. The highest BCUT2D eigenvalue weighted by Crippen LogP contribution is 1.89. The summed E-state index contributed by atoms with van der Waals surface area (Å²) in [6.07, 6.45) is 0. The molecule has 4 N–H and O–H groups in total. The molecule has 0 aliphatic carbocycles. The van der Waals surface area contributed by atoms with Crippen LogP contribution in [0, 0.1) is 0 Å². The van der Waals surface area contributed by atoms with Gasteiger partial charge in [0.05, 0.1) is 251 Å². The van der Waals surface area contributed by atoms with E-state index in [1.165, 1.54) is 0 Å². The highest BCUT2D eigenvalue weighted by atomic mass is 16.6. The van der Waals surface area contributed by atoms with Gasteiger partial charge < -0.3 is 101 Å². The van der Waals surface area contributed by atoms with E-state index in [9.17, 15) is 0 Å². The molecule has 0 radical (unpaired) electrons. The minimum Gasteiger partial charge on any atom is -0.378 e. The van der Waals surface area contributed by atoms with Gasteiger partial charge in [0, 0.05) is 13.1 Å². The molecule has 0 spiro atoms. The van der Waals surface area contributed by atoms with Crippen LogP contribution in [0.15, 0.2) is 0 Å². The molecule has 0 aromatic carbocycles. The average Bonchev–Trinajstić information content (AvgIpc) is 3.27. The molecule has 0 aromatic rings. The minimum atomic E-state index is 0.494. The van der Waals surface area contributed by atoms with Crippen molar-refractivity contribution in [1.82, 2.24) is 0 Å². The fourth-order valence-electron chi connectivity index (χ4n) is 4.23. The molecule has 0 fully saturated rings. The molecular weight excluding hydrogens is 812 g/mol. The Balaban J connectivity index is 3.06. The fraction of sp³-hybridized carbons (Fsp3) is 1.00. The van der Waals surface area contributed by atoms with Gasteiger partial charge in [-0.1, -0.05) is 0 Å². The molecule has 21 nitrogen and oxygen atoms in total. The summed E-state index contributed by atoms with van der Waals surface area (Å²) in [7, 11) is 0. The average molecular weight is 897 g/mol. The van der Waals surface area contributed by atoms with Crippen LogP contribution in [0.5, 0.6) is 0 Å². The molecule has 0 aliphatic heterocycles. The van der Waals surface area contributed by atoms with Crippen LogP contribution in [-0.4, -0.2) is 264 Å². The van der Waals surface area contributed by atoms with Crippen molar-refractivity contribution in [3.63, 3.8) is 0 Å². The molecule has 0 aromatic heterocycles. The van der Waals surface area contributed by atoms with Crippen molar-refractivity contribution in [2.24, 2.45) is 11.5 Å². The maximum Gasteiger partial charge on any atom is 0.0701 e. The Morgan fingerprint density at radius 3 is 0.246 bits per heavy atom. The van der Waals surface area contributed by atoms with Gasteiger partial charge in [0.25, 0.3) is 0 Å². The van der Waals surface area contributed by atoms with Crippen molar-refractivity contribution >= 4 is 0 Å². The molecule has 0 saturated carbocycles. The van der Waals surface area contributed by atoms with Gasteiger partial charge >= 0.3 is 0 Å². The smallest absolute Gasteiger partial charge is 0.0701 e. The maximum atomic E-state index is 5.51. The van der Waals surface area contributed by atoms with Gasteiger partial charge in [0.15, 0.2) is 0 Å². The predicted molar refractivity (Wildman–Crippen MR) is 224 cm³/mol. The van der Waals surface area contributed by atoms with Gasteiger partial charge in [-0.15, -0.1) is 0 Å². The molecule has 21 heteroatoms. The Labute approximate surface area is 365 Å². The van der Waals surface area contributed by atoms with Crippen molar-refractivity contribution in [2.75, 3.05) is 264 Å². The standard InChI is InChI=1S/C40H84N2O19/c41-1-3-43-5-7-45-9-11-47-13-15-49-17-19-51-21-23-53-25-27-55-29-31-57-33-35-59-37-39-61-40-38-60-36-34-58-32-30-56-28-26-54-24-22-52-20-18-50-16-14-48-12-10-46-8-6-44-4-2-42/h1-42H2. The van der Waals surface area contributed by atoms with E-state index in [-0.39, 0.29) is 0 Å².